The third-order valence-electron chi connectivity index (χ3n) is 5.90. The number of piperidine rings is 1. The minimum Gasteiger partial charge on any atom is -0.496 e. The smallest absolute Gasteiger partial charge is 0.217 e. The second-order valence-corrected chi connectivity index (χ2v) is 11.4. The third kappa shape index (κ3) is 4.54. The van der Waals surface area contributed by atoms with Crippen molar-refractivity contribution in [3.63, 3.8) is 0 Å². The molecule has 7 heteroatoms. The van der Waals surface area contributed by atoms with Gasteiger partial charge in [-0.15, -0.1) is 11.3 Å². The van der Waals surface area contributed by atoms with Gasteiger partial charge in [0.2, 0.25) is 9.84 Å². The fourth-order valence-electron chi connectivity index (χ4n) is 4.46. The van der Waals surface area contributed by atoms with E-state index < -0.39 is 9.84 Å². The van der Waals surface area contributed by atoms with Crippen molar-refractivity contribution in [1.82, 2.24) is 10.3 Å². The van der Waals surface area contributed by atoms with Crippen LogP contribution in [-0.2, 0) is 16.3 Å². The number of nitrogens with zero attached hydrogens (tertiary/aromatic N) is 1. The molecule has 5 nitrogen and oxygen atoms in total. The number of sulfone groups is 1. The van der Waals surface area contributed by atoms with Crippen LogP contribution in [0.2, 0.25) is 0 Å². The number of thiazole rings is 1. The molecule has 1 aliphatic rings. The van der Waals surface area contributed by atoms with Gasteiger partial charge in [0.05, 0.1) is 22.7 Å². The molecule has 3 aromatic rings. The first-order valence-corrected chi connectivity index (χ1v) is 12.8. The Labute approximate surface area is 188 Å². The van der Waals surface area contributed by atoms with E-state index in [0.29, 0.717) is 20.7 Å². The van der Waals surface area contributed by atoms with Crippen molar-refractivity contribution in [2.24, 2.45) is 5.92 Å². The van der Waals surface area contributed by atoms with Crippen molar-refractivity contribution in [2.75, 3.05) is 13.7 Å². The van der Waals surface area contributed by atoms with Gasteiger partial charge in [-0.3, -0.25) is 0 Å². The maximum absolute atomic E-state index is 13.3. The zero-order chi connectivity index (χ0) is 22.0. The van der Waals surface area contributed by atoms with Gasteiger partial charge in [-0.1, -0.05) is 30.3 Å². The van der Waals surface area contributed by atoms with Crippen LogP contribution in [0.3, 0.4) is 0 Å². The summed E-state index contributed by atoms with van der Waals surface area (Å²) in [6, 6.07) is 15.9. The van der Waals surface area contributed by atoms with E-state index in [2.05, 4.69) is 34.6 Å². The zero-order valence-electron chi connectivity index (χ0n) is 18.1. The molecular formula is C24H28N2O3S2. The number of ether oxygens (including phenoxy) is 1. The first kappa shape index (κ1) is 22.0. The van der Waals surface area contributed by atoms with Gasteiger partial charge in [-0.2, -0.15) is 0 Å². The molecular weight excluding hydrogens is 428 g/mol. The predicted molar refractivity (Wildman–Crippen MR) is 124 cm³/mol. The van der Waals surface area contributed by atoms with E-state index in [9.17, 15) is 8.42 Å². The molecule has 164 valence electrons. The van der Waals surface area contributed by atoms with Crippen molar-refractivity contribution >= 4 is 21.2 Å². The van der Waals surface area contributed by atoms with E-state index in [1.165, 1.54) is 16.9 Å². The molecule has 4 rings (SSSR count). The van der Waals surface area contributed by atoms with Crippen LogP contribution in [0.5, 0.6) is 5.75 Å². The van der Waals surface area contributed by atoms with E-state index in [0.717, 1.165) is 42.1 Å². The standard InChI is InChI=1S/C24H28N2O3S2/c1-16-24(30-17(2)26-16)31(27,28)21-11-12-22(29-3)20(15-21)14-19-10-7-13-25-23(19)18-8-5-4-6-9-18/h4-6,8-9,11-12,15,19,23,25H,7,10,13-14H2,1-3H3/t19?,23-/m1/s1. The molecule has 1 N–H and O–H groups in total. The quantitative estimate of drug-likeness (QED) is 0.572. The van der Waals surface area contributed by atoms with E-state index in [4.69, 9.17) is 4.74 Å². The van der Waals surface area contributed by atoms with Crippen LogP contribution in [0.25, 0.3) is 0 Å². The Morgan fingerprint density at radius 3 is 2.61 bits per heavy atom. The number of aromatic nitrogens is 1. The molecule has 31 heavy (non-hydrogen) atoms. The summed E-state index contributed by atoms with van der Waals surface area (Å²) in [5, 5.41) is 4.41. The number of aryl methyl sites for hydroxylation is 2. The topological polar surface area (TPSA) is 68.3 Å². The Bertz CT molecular complexity index is 1160. The highest BCUT2D eigenvalue weighted by Crippen LogP contribution is 2.36. The molecule has 2 heterocycles. The van der Waals surface area contributed by atoms with E-state index in [-0.39, 0.29) is 6.04 Å². The fourth-order valence-corrected chi connectivity index (χ4v) is 7.39. The number of hydrogen-bond donors (Lipinski definition) is 1. The summed E-state index contributed by atoms with van der Waals surface area (Å²) < 4.78 is 32.6. The monoisotopic (exact) mass is 456 g/mol. The summed E-state index contributed by atoms with van der Waals surface area (Å²) in [6.45, 7) is 4.57. The van der Waals surface area contributed by atoms with Crippen molar-refractivity contribution < 1.29 is 13.2 Å². The fraction of sp³-hybridized carbons (Fsp3) is 0.375. The molecule has 1 unspecified atom stereocenters. The largest absolute Gasteiger partial charge is 0.496 e. The van der Waals surface area contributed by atoms with E-state index in [1.54, 1.807) is 32.2 Å². The van der Waals surface area contributed by atoms with Crippen molar-refractivity contribution in [3.8, 4) is 5.75 Å². The Kier molecular flexibility index (Phi) is 6.46. The number of rotatable bonds is 6. The molecule has 0 amide bonds. The molecule has 2 aromatic carbocycles. The molecule has 0 saturated carbocycles. The summed E-state index contributed by atoms with van der Waals surface area (Å²) in [7, 11) is -1.98. The van der Waals surface area contributed by atoms with Crippen LogP contribution in [0, 0.1) is 19.8 Å². The highest BCUT2D eigenvalue weighted by atomic mass is 32.2. The van der Waals surface area contributed by atoms with Gasteiger partial charge in [-0.25, -0.2) is 13.4 Å². The summed E-state index contributed by atoms with van der Waals surface area (Å²) in [4.78, 5) is 4.60. The second-order valence-electron chi connectivity index (χ2n) is 8.03. The van der Waals surface area contributed by atoms with Crippen LogP contribution >= 0.6 is 11.3 Å². The SMILES string of the molecule is COc1ccc(S(=O)(=O)c2sc(C)nc2C)cc1CC1CCCN[C@@H]1c1ccccc1. The van der Waals surface area contributed by atoms with Gasteiger partial charge in [0.15, 0.2) is 0 Å². The molecule has 0 bridgehead atoms. The summed E-state index contributed by atoms with van der Waals surface area (Å²) in [5.74, 6) is 1.09. The Balaban J connectivity index is 1.69. The minimum absolute atomic E-state index is 0.242. The Hall–Kier alpha value is -2.22. The van der Waals surface area contributed by atoms with E-state index in [1.807, 2.05) is 13.0 Å². The number of methoxy groups -OCH3 is 1. The first-order chi connectivity index (χ1) is 14.9. The van der Waals surface area contributed by atoms with Gasteiger partial charge >= 0.3 is 0 Å². The number of benzene rings is 2. The van der Waals surface area contributed by atoms with Crippen LogP contribution in [0.4, 0.5) is 0 Å². The number of nitrogens with one attached hydrogen (secondary N) is 1. The zero-order valence-corrected chi connectivity index (χ0v) is 19.7. The average molecular weight is 457 g/mol. The van der Waals surface area contributed by atoms with Crippen LogP contribution in [-0.4, -0.2) is 27.1 Å². The molecule has 1 aliphatic heterocycles. The van der Waals surface area contributed by atoms with Crippen LogP contribution < -0.4 is 10.1 Å². The van der Waals surface area contributed by atoms with Crippen molar-refractivity contribution in [2.45, 2.75) is 48.3 Å². The highest BCUT2D eigenvalue weighted by molar-refractivity contribution is 7.93. The van der Waals surface area contributed by atoms with Gasteiger partial charge in [0, 0.05) is 6.04 Å². The molecule has 1 aromatic heterocycles. The lowest BCUT2D eigenvalue weighted by atomic mass is 9.82. The third-order valence-corrected chi connectivity index (χ3v) is 9.33. The second kappa shape index (κ2) is 9.10. The van der Waals surface area contributed by atoms with Crippen molar-refractivity contribution in [1.29, 1.82) is 0 Å². The van der Waals surface area contributed by atoms with Crippen LogP contribution in [0.15, 0.2) is 57.6 Å². The molecule has 0 spiro atoms. The minimum atomic E-state index is -3.62. The summed E-state index contributed by atoms with van der Waals surface area (Å²) in [6.07, 6.45) is 2.94. The van der Waals surface area contributed by atoms with Crippen LogP contribution in [0.1, 0.15) is 40.7 Å². The molecule has 1 saturated heterocycles. The van der Waals surface area contributed by atoms with Gasteiger partial charge in [0.1, 0.15) is 9.96 Å². The Morgan fingerprint density at radius 2 is 1.94 bits per heavy atom. The molecule has 2 atom stereocenters. The first-order valence-electron chi connectivity index (χ1n) is 10.5. The molecule has 1 fully saturated rings. The summed E-state index contributed by atoms with van der Waals surface area (Å²) in [5.41, 5.74) is 2.75. The van der Waals surface area contributed by atoms with Gasteiger partial charge in [0.25, 0.3) is 0 Å². The normalized spacial score (nSPS) is 19.3. The van der Waals surface area contributed by atoms with Crippen molar-refractivity contribution in [3.05, 3.63) is 70.4 Å². The lowest BCUT2D eigenvalue weighted by Gasteiger charge is -2.33. The maximum Gasteiger partial charge on any atom is 0.217 e. The maximum atomic E-state index is 13.3. The van der Waals surface area contributed by atoms with Gasteiger partial charge in [-0.05, 0) is 74.9 Å². The average Bonchev–Trinajstić information content (AvgIpc) is 3.13. The Morgan fingerprint density at radius 1 is 1.16 bits per heavy atom. The highest BCUT2D eigenvalue weighted by Gasteiger charge is 2.29. The number of hydrogen-bond acceptors (Lipinski definition) is 6. The van der Waals surface area contributed by atoms with Gasteiger partial charge < -0.3 is 10.1 Å². The lowest BCUT2D eigenvalue weighted by Crippen LogP contribution is -2.35. The molecule has 0 aliphatic carbocycles. The molecule has 0 radical (unpaired) electrons. The predicted octanol–water partition coefficient (Wildman–Crippen LogP) is 4.88. The summed E-state index contributed by atoms with van der Waals surface area (Å²) >= 11 is 1.22. The van der Waals surface area contributed by atoms with E-state index >= 15 is 0 Å². The lowest BCUT2D eigenvalue weighted by molar-refractivity contribution is 0.279.